The average molecular weight is 544 g/mol. The Kier molecular flexibility index (Phi) is 9.54. The van der Waals surface area contributed by atoms with Crippen LogP contribution in [0.2, 0.25) is 5.02 Å². The molecule has 37 heavy (non-hydrogen) atoms. The second-order valence-corrected chi connectivity index (χ2v) is 10.4. The summed E-state index contributed by atoms with van der Waals surface area (Å²) in [6.07, 6.45) is 0. The lowest BCUT2D eigenvalue weighted by molar-refractivity contribution is -0.139. The number of hydrogen-bond acceptors (Lipinski definition) is 5. The Bertz CT molecular complexity index is 1330. The van der Waals surface area contributed by atoms with Gasteiger partial charge in [0.2, 0.25) is 11.8 Å². The normalized spacial score (nSPS) is 11.9. The highest BCUT2D eigenvalue weighted by Gasteiger charge is 2.33. The van der Waals surface area contributed by atoms with Gasteiger partial charge < -0.3 is 15.0 Å². The largest absolute Gasteiger partial charge is 0.495 e. The van der Waals surface area contributed by atoms with Gasteiger partial charge >= 0.3 is 0 Å². The number of benzene rings is 3. The lowest BCUT2D eigenvalue weighted by atomic mass is 10.1. The number of methoxy groups -OCH3 is 1. The zero-order valence-electron chi connectivity index (χ0n) is 20.9. The van der Waals surface area contributed by atoms with Gasteiger partial charge in [0.05, 0.1) is 17.7 Å². The quantitative estimate of drug-likeness (QED) is 0.393. The predicted octanol–water partition coefficient (Wildman–Crippen LogP) is 4.10. The molecule has 0 saturated carbocycles. The molecule has 0 aromatic heterocycles. The highest BCUT2D eigenvalue weighted by molar-refractivity contribution is 7.92. The van der Waals surface area contributed by atoms with Crippen molar-refractivity contribution in [2.45, 2.75) is 31.3 Å². The van der Waals surface area contributed by atoms with Crippen molar-refractivity contribution in [2.24, 2.45) is 0 Å². The number of sulfonamides is 1. The van der Waals surface area contributed by atoms with Crippen LogP contribution in [0.25, 0.3) is 0 Å². The summed E-state index contributed by atoms with van der Waals surface area (Å²) in [5, 5.41) is 3.16. The van der Waals surface area contributed by atoms with Crippen molar-refractivity contribution in [3.8, 4) is 5.75 Å². The van der Waals surface area contributed by atoms with Crippen LogP contribution in [-0.2, 0) is 26.2 Å². The van der Waals surface area contributed by atoms with E-state index in [-0.39, 0.29) is 28.8 Å². The van der Waals surface area contributed by atoms with Gasteiger partial charge in [-0.15, -0.1) is 0 Å². The number of para-hydroxylation sites is 2. The number of nitrogens with zero attached hydrogens (tertiary/aromatic N) is 2. The first-order chi connectivity index (χ1) is 17.7. The van der Waals surface area contributed by atoms with Crippen LogP contribution < -0.4 is 14.4 Å². The van der Waals surface area contributed by atoms with Crippen molar-refractivity contribution in [3.63, 3.8) is 0 Å². The lowest BCUT2D eigenvalue weighted by Gasteiger charge is -2.32. The molecule has 0 spiro atoms. The highest BCUT2D eigenvalue weighted by atomic mass is 35.5. The number of carbonyl (C=O) groups is 2. The molecule has 196 valence electrons. The molecule has 0 aliphatic rings. The topological polar surface area (TPSA) is 96.0 Å². The highest BCUT2D eigenvalue weighted by Crippen LogP contribution is 2.32. The van der Waals surface area contributed by atoms with Gasteiger partial charge in [0.1, 0.15) is 18.3 Å². The maximum Gasteiger partial charge on any atom is 0.264 e. The van der Waals surface area contributed by atoms with Gasteiger partial charge in [0, 0.05) is 18.1 Å². The van der Waals surface area contributed by atoms with E-state index in [1.165, 1.54) is 24.1 Å². The van der Waals surface area contributed by atoms with Crippen molar-refractivity contribution in [1.82, 2.24) is 10.2 Å². The summed E-state index contributed by atoms with van der Waals surface area (Å²) >= 11 is 6.35. The minimum absolute atomic E-state index is 0.0158. The minimum atomic E-state index is -4.17. The Hall–Kier alpha value is -3.56. The van der Waals surface area contributed by atoms with Crippen LogP contribution in [0, 0.1) is 0 Å². The number of anilines is 1. The molecule has 8 nitrogen and oxygen atoms in total. The van der Waals surface area contributed by atoms with Crippen LogP contribution in [0.3, 0.4) is 0 Å². The second-order valence-electron chi connectivity index (χ2n) is 8.18. The molecule has 3 aromatic carbocycles. The third-order valence-electron chi connectivity index (χ3n) is 5.78. The van der Waals surface area contributed by atoms with Gasteiger partial charge in [0.25, 0.3) is 10.0 Å². The zero-order valence-corrected chi connectivity index (χ0v) is 22.5. The van der Waals surface area contributed by atoms with Crippen molar-refractivity contribution in [3.05, 3.63) is 89.4 Å². The van der Waals surface area contributed by atoms with Crippen LogP contribution in [0.5, 0.6) is 5.75 Å². The van der Waals surface area contributed by atoms with Crippen LogP contribution in [-0.4, -0.2) is 51.4 Å². The maximum absolute atomic E-state index is 13.8. The number of carbonyl (C=O) groups excluding carboxylic acids is 2. The number of likely N-dealkylation sites (N-methyl/N-ethyl adjacent to an activating group) is 1. The first-order valence-corrected chi connectivity index (χ1v) is 13.5. The Morgan fingerprint density at radius 1 is 0.973 bits per heavy atom. The first-order valence-electron chi connectivity index (χ1n) is 11.7. The average Bonchev–Trinajstić information content (AvgIpc) is 2.91. The summed E-state index contributed by atoms with van der Waals surface area (Å²) < 4.78 is 34.0. The predicted molar refractivity (Wildman–Crippen MR) is 144 cm³/mol. The van der Waals surface area contributed by atoms with Crippen LogP contribution in [0.15, 0.2) is 83.8 Å². The molecule has 1 atom stereocenters. The molecule has 0 saturated heterocycles. The Balaban J connectivity index is 2.07. The van der Waals surface area contributed by atoms with Gasteiger partial charge in [0.15, 0.2) is 0 Å². The van der Waals surface area contributed by atoms with Crippen molar-refractivity contribution in [2.75, 3.05) is 24.5 Å². The van der Waals surface area contributed by atoms with E-state index in [1.54, 1.807) is 80.6 Å². The summed E-state index contributed by atoms with van der Waals surface area (Å²) in [7, 11) is -2.75. The number of nitrogens with one attached hydrogen (secondary N) is 1. The van der Waals surface area contributed by atoms with E-state index < -0.39 is 28.5 Å². The molecular weight excluding hydrogens is 514 g/mol. The van der Waals surface area contributed by atoms with E-state index in [4.69, 9.17) is 16.3 Å². The fourth-order valence-electron chi connectivity index (χ4n) is 3.78. The fourth-order valence-corrected chi connectivity index (χ4v) is 5.42. The van der Waals surface area contributed by atoms with E-state index >= 15 is 0 Å². The summed E-state index contributed by atoms with van der Waals surface area (Å²) in [5.74, 6) is -0.661. The summed E-state index contributed by atoms with van der Waals surface area (Å²) in [5.41, 5.74) is 0.828. The van der Waals surface area contributed by atoms with E-state index in [0.29, 0.717) is 17.1 Å². The van der Waals surface area contributed by atoms with Gasteiger partial charge in [-0.2, -0.15) is 0 Å². The number of amides is 2. The van der Waals surface area contributed by atoms with E-state index in [0.717, 1.165) is 4.31 Å². The summed E-state index contributed by atoms with van der Waals surface area (Å²) in [6, 6.07) is 20.5. The smallest absolute Gasteiger partial charge is 0.264 e. The number of hydrogen-bond donors (Lipinski definition) is 1. The molecule has 2 amide bonds. The van der Waals surface area contributed by atoms with Crippen molar-refractivity contribution < 1.29 is 22.7 Å². The van der Waals surface area contributed by atoms with Crippen LogP contribution >= 0.6 is 11.6 Å². The Morgan fingerprint density at radius 3 is 2.24 bits per heavy atom. The monoisotopic (exact) mass is 543 g/mol. The third-order valence-corrected chi connectivity index (χ3v) is 7.92. The van der Waals surface area contributed by atoms with Gasteiger partial charge in [-0.25, -0.2) is 8.42 Å². The molecule has 1 unspecified atom stereocenters. The van der Waals surface area contributed by atoms with E-state index in [9.17, 15) is 18.0 Å². The molecule has 3 rings (SSSR count). The third kappa shape index (κ3) is 6.61. The lowest BCUT2D eigenvalue weighted by Crippen LogP contribution is -2.51. The molecule has 0 heterocycles. The molecular formula is C27H30ClN3O5S. The molecule has 0 bridgehead atoms. The molecule has 0 fully saturated rings. The molecule has 0 aliphatic heterocycles. The first kappa shape index (κ1) is 28.0. The zero-order chi connectivity index (χ0) is 27.0. The van der Waals surface area contributed by atoms with Crippen LogP contribution in [0.4, 0.5) is 5.69 Å². The number of halogens is 1. The number of rotatable bonds is 11. The van der Waals surface area contributed by atoms with Crippen molar-refractivity contribution >= 4 is 39.1 Å². The Labute approximate surface area is 222 Å². The second kappa shape index (κ2) is 12.6. The minimum Gasteiger partial charge on any atom is -0.495 e. The Morgan fingerprint density at radius 2 is 1.59 bits per heavy atom. The van der Waals surface area contributed by atoms with E-state index in [1.807, 2.05) is 0 Å². The maximum atomic E-state index is 13.8. The molecule has 0 radical (unpaired) electrons. The SMILES string of the molecule is CCNC(=O)C(C)N(Cc1ccccc1Cl)C(=O)CN(c1ccccc1OC)S(=O)(=O)c1ccccc1. The summed E-state index contributed by atoms with van der Waals surface area (Å²) in [6.45, 7) is 3.21. The summed E-state index contributed by atoms with van der Waals surface area (Å²) in [4.78, 5) is 27.9. The number of ether oxygens (including phenoxy) is 1. The molecule has 0 aliphatic carbocycles. The molecule has 10 heteroatoms. The van der Waals surface area contributed by atoms with Crippen LogP contribution in [0.1, 0.15) is 19.4 Å². The van der Waals surface area contributed by atoms with Crippen molar-refractivity contribution in [1.29, 1.82) is 0 Å². The van der Waals surface area contributed by atoms with Gasteiger partial charge in [-0.3, -0.25) is 13.9 Å². The van der Waals surface area contributed by atoms with E-state index in [2.05, 4.69) is 5.32 Å². The van der Waals surface area contributed by atoms with Gasteiger partial charge in [-0.05, 0) is 49.7 Å². The standard InChI is InChI=1S/C27H30ClN3O5S/c1-4-29-27(33)20(2)30(18-21-12-8-9-15-23(21)28)26(32)19-31(24-16-10-11-17-25(24)36-3)37(34,35)22-13-6-5-7-14-22/h5-17,20H,4,18-19H2,1-3H3,(H,29,33). The van der Waals surface area contributed by atoms with Gasteiger partial charge in [-0.1, -0.05) is 60.1 Å². The molecule has 3 aromatic rings. The molecule has 1 N–H and O–H groups in total. The fraction of sp³-hybridized carbons (Fsp3) is 0.259.